The molecular formula is C13H8Cl3IO. The minimum Gasteiger partial charge on any atom is -0.384 e. The fourth-order valence-electron chi connectivity index (χ4n) is 1.62. The molecule has 0 heterocycles. The van der Waals surface area contributed by atoms with Crippen LogP contribution in [0.1, 0.15) is 17.2 Å². The summed E-state index contributed by atoms with van der Waals surface area (Å²) in [5, 5.41) is 12.0. The number of hydrogen-bond donors (Lipinski definition) is 1. The van der Waals surface area contributed by atoms with Gasteiger partial charge in [-0.05, 0) is 64.6 Å². The Morgan fingerprint density at radius 2 is 1.44 bits per heavy atom. The van der Waals surface area contributed by atoms with E-state index in [1.807, 2.05) is 6.07 Å². The Balaban J connectivity index is 2.50. The first-order valence-corrected chi connectivity index (χ1v) is 7.28. The van der Waals surface area contributed by atoms with Crippen LogP contribution in [-0.4, -0.2) is 5.11 Å². The Morgan fingerprint density at radius 1 is 0.889 bits per heavy atom. The molecule has 5 heteroatoms. The summed E-state index contributed by atoms with van der Waals surface area (Å²) in [6.07, 6.45) is -0.846. The molecule has 2 aromatic carbocycles. The highest BCUT2D eigenvalue weighted by Gasteiger charge is 2.17. The van der Waals surface area contributed by atoms with E-state index < -0.39 is 6.10 Å². The molecule has 0 fully saturated rings. The molecule has 0 bridgehead atoms. The van der Waals surface area contributed by atoms with Crippen molar-refractivity contribution in [3.05, 3.63) is 66.2 Å². The molecule has 0 spiro atoms. The standard InChI is InChI=1S/C13H8Cl3IO/c14-7-1-3-11(16)9(5-7)13(18)10-6-8(15)2-4-12(10)17/h1-6,13,18H. The molecule has 0 saturated carbocycles. The van der Waals surface area contributed by atoms with E-state index >= 15 is 0 Å². The predicted molar refractivity (Wildman–Crippen MR) is 84.7 cm³/mol. The van der Waals surface area contributed by atoms with Crippen molar-refractivity contribution in [2.45, 2.75) is 6.10 Å². The summed E-state index contributed by atoms with van der Waals surface area (Å²) < 4.78 is 0.917. The molecule has 0 amide bonds. The fourth-order valence-corrected chi connectivity index (χ4v) is 2.83. The van der Waals surface area contributed by atoms with Gasteiger partial charge in [-0.3, -0.25) is 0 Å². The van der Waals surface area contributed by atoms with E-state index in [2.05, 4.69) is 22.6 Å². The van der Waals surface area contributed by atoms with Crippen LogP contribution in [0, 0.1) is 3.57 Å². The molecule has 2 aromatic rings. The lowest BCUT2D eigenvalue weighted by Crippen LogP contribution is -2.03. The Morgan fingerprint density at radius 3 is 2.11 bits per heavy atom. The Kier molecular flexibility index (Phi) is 4.78. The highest BCUT2D eigenvalue weighted by molar-refractivity contribution is 14.1. The molecule has 1 N–H and O–H groups in total. The third kappa shape index (κ3) is 3.11. The van der Waals surface area contributed by atoms with Gasteiger partial charge in [0.2, 0.25) is 0 Å². The van der Waals surface area contributed by atoms with Crippen LogP contribution in [0.25, 0.3) is 0 Å². The molecule has 0 aliphatic carbocycles. The van der Waals surface area contributed by atoms with E-state index in [1.165, 1.54) is 0 Å². The Labute approximate surface area is 134 Å². The van der Waals surface area contributed by atoms with Gasteiger partial charge in [0.05, 0.1) is 0 Å². The highest BCUT2D eigenvalue weighted by Crippen LogP contribution is 2.33. The van der Waals surface area contributed by atoms with Gasteiger partial charge in [0.1, 0.15) is 6.10 Å². The lowest BCUT2D eigenvalue weighted by atomic mass is 10.0. The number of aliphatic hydroxyl groups is 1. The maximum absolute atomic E-state index is 10.4. The average molecular weight is 413 g/mol. The van der Waals surface area contributed by atoms with Crippen molar-refractivity contribution < 1.29 is 5.11 Å². The van der Waals surface area contributed by atoms with Gasteiger partial charge in [-0.1, -0.05) is 34.8 Å². The first-order chi connectivity index (χ1) is 8.49. The van der Waals surface area contributed by atoms with Crippen LogP contribution in [0.15, 0.2) is 36.4 Å². The van der Waals surface area contributed by atoms with E-state index in [4.69, 9.17) is 34.8 Å². The summed E-state index contributed by atoms with van der Waals surface area (Å²) in [6, 6.07) is 10.4. The smallest absolute Gasteiger partial charge is 0.107 e. The zero-order valence-electron chi connectivity index (χ0n) is 9.00. The van der Waals surface area contributed by atoms with Crippen LogP contribution in [0.4, 0.5) is 0 Å². The van der Waals surface area contributed by atoms with Crippen molar-refractivity contribution in [3.8, 4) is 0 Å². The predicted octanol–water partition coefficient (Wildman–Crippen LogP) is 5.33. The molecule has 2 rings (SSSR count). The Hall–Kier alpha value is -0.000000000000000111. The van der Waals surface area contributed by atoms with Gasteiger partial charge >= 0.3 is 0 Å². The van der Waals surface area contributed by atoms with Gasteiger partial charge in [-0.15, -0.1) is 0 Å². The molecule has 0 aliphatic rings. The summed E-state index contributed by atoms with van der Waals surface area (Å²) >= 11 is 20.1. The first kappa shape index (κ1) is 14.4. The summed E-state index contributed by atoms with van der Waals surface area (Å²) in [7, 11) is 0. The molecule has 94 valence electrons. The van der Waals surface area contributed by atoms with Crippen molar-refractivity contribution >= 4 is 57.4 Å². The van der Waals surface area contributed by atoms with Crippen LogP contribution in [0.5, 0.6) is 0 Å². The third-order valence-corrected chi connectivity index (χ3v) is 4.30. The number of aliphatic hydroxyl groups excluding tert-OH is 1. The second kappa shape index (κ2) is 5.97. The molecule has 0 saturated heterocycles. The van der Waals surface area contributed by atoms with Crippen molar-refractivity contribution in [3.63, 3.8) is 0 Å². The normalized spacial score (nSPS) is 12.5. The maximum Gasteiger partial charge on any atom is 0.107 e. The molecular weight excluding hydrogens is 405 g/mol. The number of hydrogen-bond acceptors (Lipinski definition) is 1. The second-order valence-electron chi connectivity index (χ2n) is 3.73. The zero-order valence-corrected chi connectivity index (χ0v) is 13.4. The van der Waals surface area contributed by atoms with Crippen molar-refractivity contribution in [2.75, 3.05) is 0 Å². The average Bonchev–Trinajstić information content (AvgIpc) is 2.34. The van der Waals surface area contributed by atoms with Crippen LogP contribution in [-0.2, 0) is 0 Å². The molecule has 1 atom stereocenters. The summed E-state index contributed by atoms with van der Waals surface area (Å²) in [6.45, 7) is 0. The van der Waals surface area contributed by atoms with E-state index in [1.54, 1.807) is 30.3 Å². The lowest BCUT2D eigenvalue weighted by molar-refractivity contribution is 0.219. The summed E-state index contributed by atoms with van der Waals surface area (Å²) in [5.41, 5.74) is 1.29. The van der Waals surface area contributed by atoms with Crippen LogP contribution in [0.3, 0.4) is 0 Å². The van der Waals surface area contributed by atoms with Gasteiger partial charge in [-0.2, -0.15) is 0 Å². The monoisotopic (exact) mass is 412 g/mol. The van der Waals surface area contributed by atoms with Gasteiger partial charge in [0.15, 0.2) is 0 Å². The SMILES string of the molecule is OC(c1cc(Cl)ccc1Cl)c1cc(Cl)ccc1I. The third-order valence-electron chi connectivity index (χ3n) is 2.51. The molecule has 1 nitrogen and oxygen atoms in total. The summed E-state index contributed by atoms with van der Waals surface area (Å²) in [5.74, 6) is 0. The molecule has 1 unspecified atom stereocenters. The zero-order chi connectivity index (χ0) is 13.3. The number of rotatable bonds is 2. The van der Waals surface area contributed by atoms with Gasteiger partial charge in [-0.25, -0.2) is 0 Å². The maximum atomic E-state index is 10.4. The number of halogens is 4. The van der Waals surface area contributed by atoms with Crippen LogP contribution >= 0.6 is 57.4 Å². The quantitative estimate of drug-likeness (QED) is 0.660. The molecule has 0 radical (unpaired) electrons. The topological polar surface area (TPSA) is 20.2 Å². The molecule has 18 heavy (non-hydrogen) atoms. The highest BCUT2D eigenvalue weighted by atomic mass is 127. The van der Waals surface area contributed by atoms with Crippen molar-refractivity contribution in [1.29, 1.82) is 0 Å². The van der Waals surface area contributed by atoms with Crippen molar-refractivity contribution in [1.82, 2.24) is 0 Å². The second-order valence-corrected chi connectivity index (χ2v) is 6.18. The summed E-state index contributed by atoms with van der Waals surface area (Å²) in [4.78, 5) is 0. The van der Waals surface area contributed by atoms with E-state index in [-0.39, 0.29) is 0 Å². The first-order valence-electron chi connectivity index (χ1n) is 5.07. The minimum atomic E-state index is -0.846. The molecule has 0 aliphatic heterocycles. The van der Waals surface area contributed by atoms with Crippen LogP contribution < -0.4 is 0 Å². The van der Waals surface area contributed by atoms with E-state index in [0.29, 0.717) is 26.2 Å². The Bertz CT molecular complexity index is 535. The van der Waals surface area contributed by atoms with Crippen molar-refractivity contribution in [2.24, 2.45) is 0 Å². The van der Waals surface area contributed by atoms with E-state index in [0.717, 1.165) is 3.57 Å². The van der Waals surface area contributed by atoms with Crippen LogP contribution in [0.2, 0.25) is 15.1 Å². The lowest BCUT2D eigenvalue weighted by Gasteiger charge is -2.15. The largest absolute Gasteiger partial charge is 0.384 e. The van der Waals surface area contributed by atoms with Gasteiger partial charge in [0.25, 0.3) is 0 Å². The van der Waals surface area contributed by atoms with Gasteiger partial charge < -0.3 is 5.11 Å². The number of benzene rings is 2. The minimum absolute atomic E-state index is 0.475. The molecule has 0 aromatic heterocycles. The fraction of sp³-hybridized carbons (Fsp3) is 0.0769. The van der Waals surface area contributed by atoms with Gasteiger partial charge in [0, 0.05) is 24.2 Å². The van der Waals surface area contributed by atoms with E-state index in [9.17, 15) is 5.11 Å².